The van der Waals surface area contributed by atoms with Crippen molar-refractivity contribution in [2.45, 2.75) is 38.5 Å². The van der Waals surface area contributed by atoms with Gasteiger partial charge in [-0.2, -0.15) is 0 Å². The predicted octanol–water partition coefficient (Wildman–Crippen LogP) is 12.4. The van der Waals surface area contributed by atoms with Crippen LogP contribution in [0.15, 0.2) is 158 Å². The zero-order valence-electron chi connectivity index (χ0n) is 30.3. The molecule has 254 valence electrons. The van der Waals surface area contributed by atoms with Crippen LogP contribution >= 0.6 is 0 Å². The van der Waals surface area contributed by atoms with Crippen LogP contribution in [0.3, 0.4) is 0 Å². The lowest BCUT2D eigenvalue weighted by molar-refractivity contribution is 0.299. The van der Waals surface area contributed by atoms with Crippen molar-refractivity contribution in [3.8, 4) is 51.0 Å². The molecule has 0 fully saturated rings. The molecule has 0 saturated heterocycles. The Kier molecular flexibility index (Phi) is 6.84. The Labute approximate surface area is 309 Å². The van der Waals surface area contributed by atoms with E-state index in [1.165, 1.54) is 49.4 Å². The highest BCUT2D eigenvalue weighted by Gasteiger charge is 2.46. The Hall–Kier alpha value is -6.39. The van der Waals surface area contributed by atoms with Crippen molar-refractivity contribution in [3.63, 3.8) is 0 Å². The van der Waals surface area contributed by atoms with Crippen LogP contribution in [0.5, 0.6) is 0 Å². The van der Waals surface area contributed by atoms with E-state index in [0.29, 0.717) is 17.5 Å². The first-order chi connectivity index (χ1) is 25.8. The fourth-order valence-corrected chi connectivity index (χ4v) is 8.41. The standard InChI is InChI=1S/C49H38N4/c1-48(2)41-20-12-10-18-37(41)39-30-44-40(29-42(39)49(48,3)4)38-19-11-13-21-43(38)53(44)36-26-24-33(25-27-36)46-50-45(32-15-6-5-7-16-32)51-47(52-46)35-23-22-31-14-8-9-17-34(31)28-35/h5-30H,1-4H3. The Morgan fingerprint density at radius 3 is 1.75 bits per heavy atom. The smallest absolute Gasteiger partial charge is 0.164 e. The van der Waals surface area contributed by atoms with Gasteiger partial charge in [0.05, 0.1) is 11.0 Å². The molecule has 4 heteroatoms. The van der Waals surface area contributed by atoms with E-state index in [0.717, 1.165) is 27.8 Å². The van der Waals surface area contributed by atoms with E-state index < -0.39 is 0 Å². The number of aromatic nitrogens is 4. The first-order valence-electron chi connectivity index (χ1n) is 18.4. The molecule has 0 aliphatic heterocycles. The molecule has 0 unspecified atom stereocenters. The van der Waals surface area contributed by atoms with Crippen molar-refractivity contribution in [2.75, 3.05) is 0 Å². The van der Waals surface area contributed by atoms with E-state index >= 15 is 0 Å². The molecule has 0 bridgehead atoms. The molecule has 4 nitrogen and oxygen atoms in total. The van der Waals surface area contributed by atoms with Gasteiger partial charge in [-0.15, -0.1) is 0 Å². The second-order valence-corrected chi connectivity index (χ2v) is 15.3. The lowest BCUT2D eigenvalue weighted by Crippen LogP contribution is -2.43. The maximum atomic E-state index is 5.06. The molecule has 0 spiro atoms. The number of fused-ring (bicyclic) bond motifs is 7. The summed E-state index contributed by atoms with van der Waals surface area (Å²) in [5.74, 6) is 1.95. The molecule has 1 aliphatic rings. The lowest BCUT2D eigenvalue weighted by atomic mass is 9.55. The summed E-state index contributed by atoms with van der Waals surface area (Å²) in [6.07, 6.45) is 0. The molecule has 0 N–H and O–H groups in total. The molecule has 53 heavy (non-hydrogen) atoms. The highest BCUT2D eigenvalue weighted by Crippen LogP contribution is 2.55. The van der Waals surface area contributed by atoms with E-state index in [1.807, 2.05) is 30.3 Å². The first-order valence-corrected chi connectivity index (χ1v) is 18.4. The number of hydrogen-bond donors (Lipinski definition) is 0. The summed E-state index contributed by atoms with van der Waals surface area (Å²) < 4.78 is 2.41. The molecule has 2 aromatic heterocycles. The Balaban J connectivity index is 1.13. The number of nitrogens with zero attached hydrogens (tertiary/aromatic N) is 4. The average Bonchev–Trinajstić information content (AvgIpc) is 3.53. The fraction of sp³-hybridized carbons (Fsp3) is 0.122. The van der Waals surface area contributed by atoms with Crippen molar-refractivity contribution >= 4 is 32.6 Å². The third-order valence-corrected chi connectivity index (χ3v) is 12.0. The molecule has 1 aliphatic carbocycles. The Morgan fingerprint density at radius 1 is 0.396 bits per heavy atom. The third kappa shape index (κ3) is 4.79. The van der Waals surface area contributed by atoms with Crippen LogP contribution in [0.1, 0.15) is 38.8 Å². The van der Waals surface area contributed by atoms with Crippen molar-refractivity contribution in [2.24, 2.45) is 0 Å². The van der Waals surface area contributed by atoms with Crippen molar-refractivity contribution in [1.82, 2.24) is 19.5 Å². The van der Waals surface area contributed by atoms with Gasteiger partial charge in [-0.25, -0.2) is 15.0 Å². The molecule has 0 amide bonds. The van der Waals surface area contributed by atoms with Gasteiger partial charge in [-0.3, -0.25) is 0 Å². The zero-order valence-corrected chi connectivity index (χ0v) is 30.3. The van der Waals surface area contributed by atoms with Gasteiger partial charge < -0.3 is 4.57 Å². The highest BCUT2D eigenvalue weighted by molar-refractivity contribution is 6.11. The van der Waals surface area contributed by atoms with Crippen molar-refractivity contribution in [3.05, 3.63) is 169 Å². The summed E-state index contributed by atoms with van der Waals surface area (Å²) in [7, 11) is 0. The van der Waals surface area contributed by atoms with Crippen LogP contribution in [0.4, 0.5) is 0 Å². The molecule has 2 heterocycles. The number of hydrogen-bond acceptors (Lipinski definition) is 3. The largest absolute Gasteiger partial charge is 0.309 e. The number of benzene rings is 7. The van der Waals surface area contributed by atoms with E-state index in [9.17, 15) is 0 Å². The summed E-state index contributed by atoms with van der Waals surface area (Å²) in [5.41, 5.74) is 11.7. The summed E-state index contributed by atoms with van der Waals surface area (Å²) in [4.78, 5) is 15.1. The Morgan fingerprint density at radius 2 is 0.981 bits per heavy atom. The van der Waals surface area contributed by atoms with Crippen LogP contribution < -0.4 is 0 Å². The Bertz CT molecular complexity index is 2880. The average molecular weight is 683 g/mol. The topological polar surface area (TPSA) is 43.6 Å². The molecule has 0 atom stereocenters. The number of para-hydroxylation sites is 1. The van der Waals surface area contributed by atoms with Gasteiger partial charge in [-0.05, 0) is 92.4 Å². The lowest BCUT2D eigenvalue weighted by Gasteiger charge is -2.48. The van der Waals surface area contributed by atoms with Crippen molar-refractivity contribution in [1.29, 1.82) is 0 Å². The van der Waals surface area contributed by atoms with Gasteiger partial charge in [0.15, 0.2) is 17.5 Å². The van der Waals surface area contributed by atoms with Crippen LogP contribution in [-0.2, 0) is 10.8 Å². The molecule has 0 radical (unpaired) electrons. The molecule has 10 rings (SSSR count). The quantitative estimate of drug-likeness (QED) is 0.186. The molecule has 0 saturated carbocycles. The maximum absolute atomic E-state index is 5.06. The summed E-state index contributed by atoms with van der Waals surface area (Å²) in [6.45, 7) is 9.59. The normalized spacial score (nSPS) is 14.3. The summed E-state index contributed by atoms with van der Waals surface area (Å²) in [5, 5.41) is 4.87. The monoisotopic (exact) mass is 682 g/mol. The SMILES string of the molecule is CC1(C)c2ccccc2-c2cc3c(cc2C1(C)C)c1ccccc1n3-c1ccc(-c2nc(-c3ccccc3)nc(-c3ccc4ccccc4c3)n2)cc1. The maximum Gasteiger partial charge on any atom is 0.164 e. The second kappa shape index (κ2) is 11.6. The molecular formula is C49H38N4. The van der Waals surface area contributed by atoms with Gasteiger partial charge in [0, 0.05) is 33.2 Å². The van der Waals surface area contributed by atoms with Crippen LogP contribution in [0.25, 0.3) is 83.6 Å². The third-order valence-electron chi connectivity index (χ3n) is 12.0. The van der Waals surface area contributed by atoms with Crippen LogP contribution in [0.2, 0.25) is 0 Å². The minimum absolute atomic E-state index is 0.0258. The highest BCUT2D eigenvalue weighted by atomic mass is 15.0. The van der Waals surface area contributed by atoms with E-state index in [2.05, 4.69) is 160 Å². The minimum atomic E-state index is -0.0649. The van der Waals surface area contributed by atoms with Gasteiger partial charge in [-0.1, -0.05) is 137 Å². The van der Waals surface area contributed by atoms with E-state index in [4.69, 9.17) is 15.0 Å². The van der Waals surface area contributed by atoms with E-state index in [-0.39, 0.29) is 10.8 Å². The van der Waals surface area contributed by atoms with Crippen molar-refractivity contribution < 1.29 is 0 Å². The van der Waals surface area contributed by atoms with E-state index in [1.54, 1.807) is 0 Å². The molecule has 7 aromatic carbocycles. The molecule has 9 aromatic rings. The van der Waals surface area contributed by atoms with Gasteiger partial charge >= 0.3 is 0 Å². The number of rotatable bonds is 4. The van der Waals surface area contributed by atoms with Crippen LogP contribution in [0, 0.1) is 0 Å². The minimum Gasteiger partial charge on any atom is -0.309 e. The molecular weight excluding hydrogens is 645 g/mol. The van der Waals surface area contributed by atoms with Gasteiger partial charge in [0.25, 0.3) is 0 Å². The second-order valence-electron chi connectivity index (χ2n) is 15.3. The van der Waals surface area contributed by atoms with Gasteiger partial charge in [0.2, 0.25) is 0 Å². The van der Waals surface area contributed by atoms with Crippen LogP contribution in [-0.4, -0.2) is 19.5 Å². The van der Waals surface area contributed by atoms with Gasteiger partial charge in [0.1, 0.15) is 0 Å². The first kappa shape index (κ1) is 31.4. The summed E-state index contributed by atoms with van der Waals surface area (Å²) >= 11 is 0. The summed E-state index contributed by atoms with van der Waals surface area (Å²) in [6, 6.07) is 56.3. The fourth-order valence-electron chi connectivity index (χ4n) is 8.41. The predicted molar refractivity (Wildman–Crippen MR) is 219 cm³/mol. The zero-order chi connectivity index (χ0) is 35.9.